The van der Waals surface area contributed by atoms with Gasteiger partial charge in [0.2, 0.25) is 0 Å². The normalized spacial score (nSPS) is 18.8. The molecule has 2 unspecified atom stereocenters. The topological polar surface area (TPSA) is 42.2 Å². The first-order valence-electron chi connectivity index (χ1n) is 7.52. The van der Waals surface area contributed by atoms with E-state index in [1.807, 2.05) is 12.3 Å². The van der Waals surface area contributed by atoms with Crippen LogP contribution in [0.15, 0.2) is 24.4 Å². The summed E-state index contributed by atoms with van der Waals surface area (Å²) in [5, 5.41) is 0. The number of pyridine rings is 1. The Morgan fingerprint density at radius 3 is 2.53 bits per heavy atom. The Hall–Kier alpha value is -0.930. The van der Waals surface area contributed by atoms with Crippen molar-refractivity contribution in [1.29, 1.82) is 0 Å². The summed E-state index contributed by atoms with van der Waals surface area (Å²) in [6.07, 6.45) is 5.73. The molecule has 1 aliphatic rings. The highest BCUT2D eigenvalue weighted by Gasteiger charge is 2.36. The molecule has 0 spiro atoms. The molecule has 0 radical (unpaired) electrons. The fourth-order valence-electron chi connectivity index (χ4n) is 2.65. The number of aromatic nitrogens is 1. The zero-order chi connectivity index (χ0) is 13.8. The summed E-state index contributed by atoms with van der Waals surface area (Å²) in [7, 11) is 0. The van der Waals surface area contributed by atoms with E-state index in [-0.39, 0.29) is 12.1 Å². The summed E-state index contributed by atoms with van der Waals surface area (Å²) >= 11 is 0. The third-order valence-electron chi connectivity index (χ3n) is 3.83. The van der Waals surface area contributed by atoms with Crippen molar-refractivity contribution < 1.29 is 0 Å². The summed E-state index contributed by atoms with van der Waals surface area (Å²) in [4.78, 5) is 7.13. The Morgan fingerprint density at radius 1 is 1.32 bits per heavy atom. The van der Waals surface area contributed by atoms with Crippen LogP contribution in [-0.2, 0) is 0 Å². The van der Waals surface area contributed by atoms with Crippen molar-refractivity contribution in [2.45, 2.75) is 58.2 Å². The summed E-state index contributed by atoms with van der Waals surface area (Å²) < 4.78 is 0. The Morgan fingerprint density at radius 2 is 2.05 bits per heavy atom. The van der Waals surface area contributed by atoms with E-state index < -0.39 is 0 Å². The Bertz CT molecular complexity index is 371. The predicted molar refractivity (Wildman–Crippen MR) is 79.8 cm³/mol. The minimum absolute atomic E-state index is 0.114. The highest BCUT2D eigenvalue weighted by molar-refractivity contribution is 5.12. The monoisotopic (exact) mass is 261 g/mol. The highest BCUT2D eigenvalue weighted by Crippen LogP contribution is 2.35. The molecule has 0 saturated heterocycles. The van der Waals surface area contributed by atoms with Gasteiger partial charge in [-0.15, -0.1) is 0 Å². The summed E-state index contributed by atoms with van der Waals surface area (Å²) in [5.41, 5.74) is 7.38. The van der Waals surface area contributed by atoms with E-state index in [1.54, 1.807) is 0 Å². The molecule has 1 aromatic rings. The van der Waals surface area contributed by atoms with E-state index in [9.17, 15) is 0 Å². The molecule has 1 aromatic heterocycles. The van der Waals surface area contributed by atoms with Gasteiger partial charge in [-0.2, -0.15) is 0 Å². The molecule has 2 N–H and O–H groups in total. The molecule has 3 nitrogen and oxygen atoms in total. The molecule has 2 atom stereocenters. The van der Waals surface area contributed by atoms with Crippen LogP contribution in [0.3, 0.4) is 0 Å². The van der Waals surface area contributed by atoms with Crippen molar-refractivity contribution in [1.82, 2.24) is 9.88 Å². The highest BCUT2D eigenvalue weighted by atomic mass is 15.2. The minimum Gasteiger partial charge on any atom is -0.326 e. The van der Waals surface area contributed by atoms with E-state index in [0.717, 1.165) is 24.2 Å². The lowest BCUT2D eigenvalue weighted by Gasteiger charge is -2.34. The fourth-order valence-corrected chi connectivity index (χ4v) is 2.65. The van der Waals surface area contributed by atoms with E-state index in [4.69, 9.17) is 5.73 Å². The second-order valence-electron chi connectivity index (χ2n) is 6.21. The average Bonchev–Trinajstić information content (AvgIpc) is 3.18. The van der Waals surface area contributed by atoms with Crippen LogP contribution in [-0.4, -0.2) is 28.5 Å². The molecule has 0 aliphatic heterocycles. The van der Waals surface area contributed by atoms with Gasteiger partial charge < -0.3 is 5.73 Å². The standard InChI is InChI=1S/C16H27N3/c1-12(2)9-11-19(14-7-8-14)16(13(3)17)15-6-4-5-10-18-15/h4-6,10,12-14,16H,7-9,11,17H2,1-3H3. The zero-order valence-corrected chi connectivity index (χ0v) is 12.4. The van der Waals surface area contributed by atoms with Crippen molar-refractivity contribution in [3.8, 4) is 0 Å². The summed E-state index contributed by atoms with van der Waals surface area (Å²) in [6.45, 7) is 7.80. The molecule has 0 aromatic carbocycles. The summed E-state index contributed by atoms with van der Waals surface area (Å²) in [5.74, 6) is 0.735. The van der Waals surface area contributed by atoms with Crippen LogP contribution in [0.25, 0.3) is 0 Å². The molecule has 0 bridgehead atoms. The minimum atomic E-state index is 0.114. The Labute approximate surface area is 117 Å². The van der Waals surface area contributed by atoms with Crippen LogP contribution < -0.4 is 5.73 Å². The lowest BCUT2D eigenvalue weighted by atomic mass is 10.0. The van der Waals surface area contributed by atoms with Crippen LogP contribution in [0.4, 0.5) is 0 Å². The number of hydrogen-bond acceptors (Lipinski definition) is 3. The molecule has 106 valence electrons. The molecule has 2 rings (SSSR count). The lowest BCUT2D eigenvalue weighted by molar-refractivity contribution is 0.154. The maximum Gasteiger partial charge on any atom is 0.0673 e. The van der Waals surface area contributed by atoms with E-state index in [1.165, 1.54) is 19.3 Å². The Kier molecular flexibility index (Phi) is 4.94. The van der Waals surface area contributed by atoms with Gasteiger partial charge in [-0.05, 0) is 50.8 Å². The SMILES string of the molecule is CC(C)CCN(C1CC1)C(c1ccccn1)C(C)N. The second kappa shape index (κ2) is 6.49. The van der Waals surface area contributed by atoms with Gasteiger partial charge in [0.25, 0.3) is 0 Å². The first-order valence-corrected chi connectivity index (χ1v) is 7.52. The van der Waals surface area contributed by atoms with E-state index in [0.29, 0.717) is 0 Å². The Balaban J connectivity index is 2.15. The first kappa shape index (κ1) is 14.5. The molecule has 1 fully saturated rings. The van der Waals surface area contributed by atoms with E-state index in [2.05, 4.69) is 42.8 Å². The number of rotatable bonds is 7. The zero-order valence-electron chi connectivity index (χ0n) is 12.4. The summed E-state index contributed by atoms with van der Waals surface area (Å²) in [6, 6.07) is 7.23. The van der Waals surface area contributed by atoms with Crippen molar-refractivity contribution in [2.24, 2.45) is 11.7 Å². The van der Waals surface area contributed by atoms with Crippen LogP contribution >= 0.6 is 0 Å². The molecule has 1 saturated carbocycles. The number of nitrogens with zero attached hydrogens (tertiary/aromatic N) is 2. The van der Waals surface area contributed by atoms with Gasteiger partial charge in [-0.1, -0.05) is 19.9 Å². The van der Waals surface area contributed by atoms with Gasteiger partial charge in [0.15, 0.2) is 0 Å². The maximum atomic E-state index is 6.26. The van der Waals surface area contributed by atoms with Gasteiger partial charge in [0, 0.05) is 18.3 Å². The van der Waals surface area contributed by atoms with Crippen molar-refractivity contribution >= 4 is 0 Å². The van der Waals surface area contributed by atoms with Crippen LogP contribution in [0.2, 0.25) is 0 Å². The van der Waals surface area contributed by atoms with Gasteiger partial charge in [-0.25, -0.2) is 0 Å². The van der Waals surface area contributed by atoms with Crippen molar-refractivity contribution in [2.75, 3.05) is 6.54 Å². The molecule has 0 amide bonds. The molecule has 1 aliphatic carbocycles. The van der Waals surface area contributed by atoms with Gasteiger partial charge in [-0.3, -0.25) is 9.88 Å². The smallest absolute Gasteiger partial charge is 0.0673 e. The van der Waals surface area contributed by atoms with Crippen LogP contribution in [0, 0.1) is 5.92 Å². The van der Waals surface area contributed by atoms with Crippen LogP contribution in [0.1, 0.15) is 51.8 Å². The fraction of sp³-hybridized carbons (Fsp3) is 0.688. The first-order chi connectivity index (χ1) is 9.09. The van der Waals surface area contributed by atoms with Gasteiger partial charge in [0.05, 0.1) is 11.7 Å². The predicted octanol–water partition coefficient (Wildman–Crippen LogP) is 2.98. The van der Waals surface area contributed by atoms with Crippen molar-refractivity contribution in [3.05, 3.63) is 30.1 Å². The number of hydrogen-bond donors (Lipinski definition) is 1. The maximum absolute atomic E-state index is 6.26. The largest absolute Gasteiger partial charge is 0.326 e. The third kappa shape index (κ3) is 4.02. The third-order valence-corrected chi connectivity index (χ3v) is 3.83. The number of nitrogens with two attached hydrogens (primary N) is 1. The molecular weight excluding hydrogens is 234 g/mol. The quantitative estimate of drug-likeness (QED) is 0.820. The van der Waals surface area contributed by atoms with Crippen LogP contribution in [0.5, 0.6) is 0 Å². The molecule has 1 heterocycles. The van der Waals surface area contributed by atoms with Gasteiger partial charge >= 0.3 is 0 Å². The van der Waals surface area contributed by atoms with Gasteiger partial charge in [0.1, 0.15) is 0 Å². The molecule has 19 heavy (non-hydrogen) atoms. The lowest BCUT2D eigenvalue weighted by Crippen LogP contribution is -2.42. The average molecular weight is 261 g/mol. The molecule has 3 heteroatoms. The molecular formula is C16H27N3. The van der Waals surface area contributed by atoms with E-state index >= 15 is 0 Å². The van der Waals surface area contributed by atoms with Crippen molar-refractivity contribution in [3.63, 3.8) is 0 Å². The second-order valence-corrected chi connectivity index (χ2v) is 6.21.